The summed E-state index contributed by atoms with van der Waals surface area (Å²) in [5.74, 6) is 0.797. The largest absolute Gasteiger partial charge is 0.313 e. The Bertz CT molecular complexity index is 291. The van der Waals surface area contributed by atoms with Crippen LogP contribution < -0.4 is 5.32 Å². The molecule has 1 N–H and O–H groups in total. The maximum absolute atomic E-state index is 5.62. The first-order chi connectivity index (χ1) is 7.83. The molecule has 0 radical (unpaired) electrons. The number of alkyl halides is 1. The van der Waals surface area contributed by atoms with E-state index in [0.717, 1.165) is 29.9 Å². The third-order valence-corrected chi connectivity index (χ3v) is 3.22. The number of unbranched alkanes of at least 4 members (excludes halogenated alkanes) is 3. The van der Waals surface area contributed by atoms with E-state index in [1.165, 1.54) is 24.8 Å². The third kappa shape index (κ3) is 6.51. The smallest absolute Gasteiger partial charge is 0.0223 e. The SMILES string of the molecule is ClCCCCCCNCc1cccc(Br)c1. The maximum Gasteiger partial charge on any atom is 0.0223 e. The monoisotopic (exact) mass is 303 g/mol. The van der Waals surface area contributed by atoms with E-state index >= 15 is 0 Å². The van der Waals surface area contributed by atoms with Crippen molar-refractivity contribution in [2.45, 2.75) is 32.2 Å². The predicted octanol–water partition coefficient (Wildman–Crippen LogP) is 4.34. The van der Waals surface area contributed by atoms with E-state index in [2.05, 4.69) is 45.5 Å². The summed E-state index contributed by atoms with van der Waals surface area (Å²) in [6, 6.07) is 8.42. The summed E-state index contributed by atoms with van der Waals surface area (Å²) < 4.78 is 1.15. The van der Waals surface area contributed by atoms with Crippen LogP contribution in [0.15, 0.2) is 28.7 Å². The standard InChI is InChI=1S/C13H19BrClN/c14-13-7-5-6-12(10-13)11-16-9-4-2-1-3-8-15/h5-7,10,16H,1-4,8-9,11H2. The Kier molecular flexibility index (Phi) is 7.91. The van der Waals surface area contributed by atoms with Gasteiger partial charge in [0.1, 0.15) is 0 Å². The molecule has 0 amide bonds. The first-order valence-electron chi connectivity index (χ1n) is 5.84. The maximum atomic E-state index is 5.62. The van der Waals surface area contributed by atoms with Gasteiger partial charge in [0.2, 0.25) is 0 Å². The average Bonchev–Trinajstić information content (AvgIpc) is 2.28. The van der Waals surface area contributed by atoms with Crippen molar-refractivity contribution in [1.29, 1.82) is 0 Å². The number of hydrogen-bond donors (Lipinski definition) is 1. The Balaban J connectivity index is 2.03. The molecular weight excluding hydrogens is 286 g/mol. The highest BCUT2D eigenvalue weighted by Crippen LogP contribution is 2.11. The highest BCUT2D eigenvalue weighted by Gasteiger charge is 1.94. The van der Waals surface area contributed by atoms with E-state index < -0.39 is 0 Å². The predicted molar refractivity (Wildman–Crippen MR) is 75.0 cm³/mol. The lowest BCUT2D eigenvalue weighted by molar-refractivity contribution is 0.599. The Morgan fingerprint density at radius 1 is 1.12 bits per heavy atom. The number of nitrogens with one attached hydrogen (secondary N) is 1. The second-order valence-corrected chi connectivity index (χ2v) is 5.20. The minimum Gasteiger partial charge on any atom is -0.313 e. The Morgan fingerprint density at radius 3 is 2.69 bits per heavy atom. The highest BCUT2D eigenvalue weighted by atomic mass is 79.9. The molecule has 0 aromatic heterocycles. The molecule has 0 fully saturated rings. The second-order valence-electron chi connectivity index (χ2n) is 3.91. The molecule has 1 aromatic carbocycles. The van der Waals surface area contributed by atoms with Crippen molar-refractivity contribution >= 4 is 27.5 Å². The topological polar surface area (TPSA) is 12.0 Å². The molecule has 0 spiro atoms. The van der Waals surface area contributed by atoms with Crippen LogP contribution in [0.2, 0.25) is 0 Å². The zero-order valence-electron chi connectivity index (χ0n) is 9.52. The Hall–Kier alpha value is -0.0500. The average molecular weight is 305 g/mol. The summed E-state index contributed by atoms with van der Waals surface area (Å²) in [6.07, 6.45) is 4.92. The molecule has 0 atom stereocenters. The summed E-state index contributed by atoms with van der Waals surface area (Å²) in [4.78, 5) is 0. The second kappa shape index (κ2) is 9.03. The van der Waals surface area contributed by atoms with Crippen molar-refractivity contribution in [3.05, 3.63) is 34.3 Å². The van der Waals surface area contributed by atoms with Gasteiger partial charge in [-0.15, -0.1) is 11.6 Å². The zero-order valence-corrected chi connectivity index (χ0v) is 11.9. The number of hydrogen-bond acceptors (Lipinski definition) is 1. The third-order valence-electron chi connectivity index (χ3n) is 2.46. The van der Waals surface area contributed by atoms with Crippen LogP contribution >= 0.6 is 27.5 Å². The van der Waals surface area contributed by atoms with Gasteiger partial charge in [0.25, 0.3) is 0 Å². The molecule has 0 saturated carbocycles. The lowest BCUT2D eigenvalue weighted by atomic mass is 10.2. The number of halogens is 2. The number of rotatable bonds is 8. The zero-order chi connectivity index (χ0) is 11.6. The summed E-state index contributed by atoms with van der Waals surface area (Å²) in [5, 5.41) is 3.45. The van der Waals surface area contributed by atoms with Crippen molar-refractivity contribution in [1.82, 2.24) is 5.32 Å². The van der Waals surface area contributed by atoms with Gasteiger partial charge in [-0.3, -0.25) is 0 Å². The molecule has 0 aliphatic heterocycles. The Morgan fingerprint density at radius 2 is 1.94 bits per heavy atom. The fraction of sp³-hybridized carbons (Fsp3) is 0.538. The van der Waals surface area contributed by atoms with Gasteiger partial charge in [-0.2, -0.15) is 0 Å². The van der Waals surface area contributed by atoms with Crippen LogP contribution in [0, 0.1) is 0 Å². The molecule has 0 bridgehead atoms. The molecule has 0 heterocycles. The molecule has 0 aliphatic carbocycles. The van der Waals surface area contributed by atoms with Gasteiger partial charge in [-0.25, -0.2) is 0 Å². The van der Waals surface area contributed by atoms with Gasteiger partial charge in [-0.1, -0.05) is 40.9 Å². The molecule has 90 valence electrons. The van der Waals surface area contributed by atoms with Crippen molar-refractivity contribution < 1.29 is 0 Å². The van der Waals surface area contributed by atoms with Crippen molar-refractivity contribution in [3.63, 3.8) is 0 Å². The van der Waals surface area contributed by atoms with Gasteiger partial charge in [0, 0.05) is 16.9 Å². The molecule has 0 aliphatic rings. The molecule has 0 saturated heterocycles. The van der Waals surface area contributed by atoms with Gasteiger partial charge in [-0.05, 0) is 37.1 Å². The lowest BCUT2D eigenvalue weighted by Crippen LogP contribution is -2.14. The fourth-order valence-corrected chi connectivity index (χ4v) is 2.21. The van der Waals surface area contributed by atoms with Crippen LogP contribution in [0.1, 0.15) is 31.2 Å². The first-order valence-corrected chi connectivity index (χ1v) is 7.17. The van der Waals surface area contributed by atoms with E-state index in [-0.39, 0.29) is 0 Å². The first kappa shape index (κ1) is 14.0. The Labute approximate surface area is 112 Å². The minimum absolute atomic E-state index is 0.797. The van der Waals surface area contributed by atoms with E-state index in [1.54, 1.807) is 0 Å². The normalized spacial score (nSPS) is 10.6. The van der Waals surface area contributed by atoms with E-state index in [0.29, 0.717) is 0 Å². The van der Waals surface area contributed by atoms with Crippen LogP contribution in [0.4, 0.5) is 0 Å². The van der Waals surface area contributed by atoms with Gasteiger partial charge < -0.3 is 5.32 Å². The molecule has 1 rings (SSSR count). The van der Waals surface area contributed by atoms with E-state index in [9.17, 15) is 0 Å². The van der Waals surface area contributed by atoms with Crippen LogP contribution in [0.25, 0.3) is 0 Å². The lowest BCUT2D eigenvalue weighted by Gasteiger charge is -2.05. The quantitative estimate of drug-likeness (QED) is 0.556. The molecule has 0 unspecified atom stereocenters. The summed E-state index contributed by atoms with van der Waals surface area (Å²) >= 11 is 9.09. The van der Waals surface area contributed by atoms with Crippen molar-refractivity contribution in [2.75, 3.05) is 12.4 Å². The minimum atomic E-state index is 0.797. The van der Waals surface area contributed by atoms with Crippen LogP contribution in [-0.2, 0) is 6.54 Å². The van der Waals surface area contributed by atoms with E-state index in [1.807, 2.05) is 0 Å². The van der Waals surface area contributed by atoms with Crippen molar-refractivity contribution in [2.24, 2.45) is 0 Å². The summed E-state index contributed by atoms with van der Waals surface area (Å²) in [7, 11) is 0. The summed E-state index contributed by atoms with van der Waals surface area (Å²) in [6.45, 7) is 2.05. The van der Waals surface area contributed by atoms with E-state index in [4.69, 9.17) is 11.6 Å². The van der Waals surface area contributed by atoms with Crippen LogP contribution in [-0.4, -0.2) is 12.4 Å². The molecular formula is C13H19BrClN. The highest BCUT2D eigenvalue weighted by molar-refractivity contribution is 9.10. The fourth-order valence-electron chi connectivity index (χ4n) is 1.58. The van der Waals surface area contributed by atoms with Crippen LogP contribution in [0.5, 0.6) is 0 Å². The molecule has 3 heteroatoms. The molecule has 16 heavy (non-hydrogen) atoms. The van der Waals surface area contributed by atoms with Crippen molar-refractivity contribution in [3.8, 4) is 0 Å². The van der Waals surface area contributed by atoms with Gasteiger partial charge in [0.15, 0.2) is 0 Å². The van der Waals surface area contributed by atoms with Gasteiger partial charge >= 0.3 is 0 Å². The molecule has 1 aromatic rings. The van der Waals surface area contributed by atoms with Crippen LogP contribution in [0.3, 0.4) is 0 Å². The van der Waals surface area contributed by atoms with Gasteiger partial charge in [0.05, 0.1) is 0 Å². The molecule has 1 nitrogen and oxygen atoms in total. The summed E-state index contributed by atoms with van der Waals surface area (Å²) in [5.41, 5.74) is 1.33. The number of benzene rings is 1.